The maximum absolute atomic E-state index is 13.4. The van der Waals surface area contributed by atoms with Crippen LogP contribution in [0, 0.1) is 12.3 Å². The van der Waals surface area contributed by atoms with Gasteiger partial charge >= 0.3 is 0 Å². The molecule has 0 bridgehead atoms. The van der Waals surface area contributed by atoms with Gasteiger partial charge in [-0.05, 0) is 94.0 Å². The van der Waals surface area contributed by atoms with Crippen molar-refractivity contribution in [3.8, 4) is 5.75 Å². The summed E-state index contributed by atoms with van der Waals surface area (Å²) in [6.45, 7) is 18.1. The number of likely N-dealkylation sites (N-methyl/N-ethyl adjacent to an activating group) is 1. The fourth-order valence-electron chi connectivity index (χ4n) is 6.84. The van der Waals surface area contributed by atoms with Crippen molar-refractivity contribution < 1.29 is 39.5 Å². The first-order valence-corrected chi connectivity index (χ1v) is 18.7. The molecule has 53 heavy (non-hydrogen) atoms. The van der Waals surface area contributed by atoms with Gasteiger partial charge in [0.1, 0.15) is 41.8 Å². The second-order valence-electron chi connectivity index (χ2n) is 16.1. The maximum Gasteiger partial charge on any atom is 0.245 e. The first-order valence-electron chi connectivity index (χ1n) is 18.7. The Morgan fingerprint density at radius 3 is 2.26 bits per heavy atom. The van der Waals surface area contributed by atoms with Gasteiger partial charge in [0.15, 0.2) is 0 Å². The third kappa shape index (κ3) is 10.4. The van der Waals surface area contributed by atoms with Crippen molar-refractivity contribution >= 4 is 17.9 Å². The minimum Gasteiger partial charge on any atom is -0.496 e. The number of methoxy groups -OCH3 is 1. The van der Waals surface area contributed by atoms with Gasteiger partial charge in [0.05, 0.1) is 19.1 Å². The fourth-order valence-corrected chi connectivity index (χ4v) is 6.84. The van der Waals surface area contributed by atoms with Crippen LogP contribution in [0.4, 0.5) is 0 Å². The van der Waals surface area contributed by atoms with Crippen molar-refractivity contribution in [2.75, 3.05) is 60.0 Å². The van der Waals surface area contributed by atoms with Crippen LogP contribution in [0.25, 0.3) is 6.08 Å². The van der Waals surface area contributed by atoms with Crippen LogP contribution in [0.15, 0.2) is 36.4 Å². The lowest BCUT2D eigenvalue weighted by Crippen LogP contribution is -2.58. The van der Waals surface area contributed by atoms with Gasteiger partial charge in [-0.25, -0.2) is 0 Å². The van der Waals surface area contributed by atoms with E-state index in [-0.39, 0.29) is 17.7 Å². The van der Waals surface area contributed by atoms with Crippen molar-refractivity contribution in [3.63, 3.8) is 0 Å². The Morgan fingerprint density at radius 1 is 0.981 bits per heavy atom. The number of benzene rings is 2. The highest BCUT2D eigenvalue weighted by atomic mass is 16.5. The van der Waals surface area contributed by atoms with E-state index in [1.165, 1.54) is 7.11 Å². The number of nitrogens with one attached hydrogen (secondary N) is 2. The van der Waals surface area contributed by atoms with E-state index in [0.29, 0.717) is 24.3 Å². The van der Waals surface area contributed by atoms with Crippen LogP contribution >= 0.6 is 0 Å². The van der Waals surface area contributed by atoms with Gasteiger partial charge in [-0.15, -0.1) is 0 Å². The number of amides is 2. The molecule has 4 rings (SSSR count). The number of nitrogens with zero attached hydrogens (tertiary/aromatic N) is 2. The molecule has 0 unspecified atom stereocenters. The second kappa shape index (κ2) is 17.9. The molecule has 12 nitrogen and oxygen atoms in total. The molecule has 2 amide bonds. The molecule has 6 N–H and O–H groups in total. The molecular formula is C41H62N4O8. The van der Waals surface area contributed by atoms with Crippen molar-refractivity contribution in [1.29, 1.82) is 0 Å². The molecule has 2 aromatic rings. The Balaban J connectivity index is 1.45. The second-order valence-corrected chi connectivity index (χ2v) is 16.1. The molecule has 0 aliphatic carbocycles. The number of piperazine rings is 1. The Morgan fingerprint density at radius 2 is 1.66 bits per heavy atom. The summed E-state index contributed by atoms with van der Waals surface area (Å²) in [5, 5.41) is 47.4. The fraction of sp³-hybridized carbons (Fsp3) is 0.610. The molecule has 0 aromatic heterocycles. The molecule has 2 heterocycles. The van der Waals surface area contributed by atoms with E-state index in [1.54, 1.807) is 13.8 Å². The average Bonchev–Trinajstić information content (AvgIpc) is 3.11. The topological polar surface area (TPSA) is 164 Å². The third-order valence-corrected chi connectivity index (χ3v) is 10.6. The first kappa shape index (κ1) is 42.4. The summed E-state index contributed by atoms with van der Waals surface area (Å²) < 4.78 is 11.6. The zero-order chi connectivity index (χ0) is 39.2. The third-order valence-electron chi connectivity index (χ3n) is 10.6. The summed E-state index contributed by atoms with van der Waals surface area (Å²) >= 11 is 0. The number of aliphatic hydroxyl groups is 4. The van der Waals surface area contributed by atoms with Crippen LogP contribution < -0.4 is 15.4 Å². The SMILES string of the molecule is COc1cc(C(C)C)c(Cc2ccc(/C=C/C(C)(C)C(=O)NC(C)(C)C(=O)NCCN3CCN(C)CC3)cc2C)cc1[C@@H]1O[C@H](CO)[C@@H](O)[C@H](O)[C@H]1O. The number of hydrogen-bond acceptors (Lipinski definition) is 10. The van der Waals surface area contributed by atoms with Crippen LogP contribution in [0.3, 0.4) is 0 Å². The van der Waals surface area contributed by atoms with Crippen molar-refractivity contribution in [1.82, 2.24) is 20.4 Å². The van der Waals surface area contributed by atoms with Crippen LogP contribution in [-0.4, -0.2) is 132 Å². The first-order chi connectivity index (χ1) is 24.9. The molecule has 2 aromatic carbocycles. The van der Waals surface area contributed by atoms with Crippen molar-refractivity contribution in [2.24, 2.45) is 5.41 Å². The summed E-state index contributed by atoms with van der Waals surface area (Å²) in [5.74, 6) is 0.161. The Kier molecular flexibility index (Phi) is 14.3. The lowest BCUT2D eigenvalue weighted by atomic mass is 9.85. The van der Waals surface area contributed by atoms with Gasteiger partial charge in [0, 0.05) is 44.8 Å². The standard InChI is InChI=1S/C41H62N4O8/c1-25(2)30-23-32(52-9)31(37-36(49)35(48)34(47)33(24-46)53-37)22-29(30)21-28-11-10-27(20-26(28)3)12-13-40(4,5)38(50)43-41(6,7)39(51)42-14-15-45-18-16-44(8)17-19-45/h10-13,20,22-23,25,33-37,46-49H,14-19,21,24H2,1-9H3,(H,42,51)(H,43,50)/b13-12+/t33-,34-,35+,36-,37+/m1/s1. The lowest BCUT2D eigenvalue weighted by Gasteiger charge is -2.40. The number of aliphatic hydroxyl groups excluding tert-OH is 4. The number of hydrogen-bond donors (Lipinski definition) is 6. The van der Waals surface area contributed by atoms with Crippen molar-refractivity contribution in [2.45, 2.75) is 96.9 Å². The highest BCUT2D eigenvalue weighted by Gasteiger charge is 2.45. The minimum atomic E-state index is -1.50. The molecule has 2 aliphatic heterocycles. The maximum atomic E-state index is 13.4. The number of aryl methyl sites for hydroxylation is 1. The van der Waals surface area contributed by atoms with Crippen LogP contribution in [0.2, 0.25) is 0 Å². The molecule has 2 saturated heterocycles. The lowest BCUT2D eigenvalue weighted by molar-refractivity contribution is -0.232. The van der Waals surface area contributed by atoms with Gasteiger partial charge in [0.2, 0.25) is 11.8 Å². The quantitative estimate of drug-likeness (QED) is 0.170. The van der Waals surface area contributed by atoms with E-state index in [1.807, 2.05) is 51.1 Å². The average molecular weight is 739 g/mol. The van der Waals surface area contributed by atoms with Crippen molar-refractivity contribution in [3.05, 3.63) is 69.8 Å². The molecule has 0 spiro atoms. The molecule has 5 atom stereocenters. The molecule has 294 valence electrons. The predicted molar refractivity (Wildman–Crippen MR) is 206 cm³/mol. The zero-order valence-corrected chi connectivity index (χ0v) is 33.0. The monoisotopic (exact) mass is 738 g/mol. The molecular weight excluding hydrogens is 676 g/mol. The summed E-state index contributed by atoms with van der Waals surface area (Å²) in [5.41, 5.74) is 3.64. The van der Waals surface area contributed by atoms with E-state index in [2.05, 4.69) is 53.5 Å². The molecule has 12 heteroatoms. The minimum absolute atomic E-state index is 0.150. The summed E-state index contributed by atoms with van der Waals surface area (Å²) in [6, 6.07) is 9.97. The number of carbonyl (C=O) groups excluding carboxylic acids is 2. The highest BCUT2D eigenvalue weighted by molar-refractivity contribution is 5.93. The zero-order valence-electron chi connectivity index (χ0n) is 33.0. The Hall–Kier alpha value is -3.36. The van der Waals surface area contributed by atoms with E-state index in [0.717, 1.165) is 60.5 Å². The molecule has 2 fully saturated rings. The van der Waals surface area contributed by atoms with E-state index >= 15 is 0 Å². The Bertz CT molecular complexity index is 1600. The molecule has 0 saturated carbocycles. The predicted octanol–water partition coefficient (Wildman–Crippen LogP) is 2.53. The number of ether oxygens (including phenoxy) is 2. The number of carbonyl (C=O) groups is 2. The van der Waals surface area contributed by atoms with Gasteiger partial charge in [-0.2, -0.15) is 0 Å². The van der Waals surface area contributed by atoms with E-state index in [4.69, 9.17) is 9.47 Å². The largest absolute Gasteiger partial charge is 0.496 e. The van der Waals surface area contributed by atoms with Gasteiger partial charge in [-0.3, -0.25) is 14.5 Å². The summed E-state index contributed by atoms with van der Waals surface area (Å²) in [7, 11) is 3.64. The Labute approximate surface area is 315 Å². The number of rotatable bonds is 14. The van der Waals surface area contributed by atoms with Gasteiger partial charge < -0.3 is 45.4 Å². The highest BCUT2D eigenvalue weighted by Crippen LogP contribution is 2.40. The smallest absolute Gasteiger partial charge is 0.245 e. The summed E-state index contributed by atoms with van der Waals surface area (Å²) in [6.07, 6.45) is -2.12. The molecule has 2 aliphatic rings. The normalized spacial score (nSPS) is 23.4. The van der Waals surface area contributed by atoms with Gasteiger partial charge in [-0.1, -0.05) is 44.2 Å². The summed E-state index contributed by atoms with van der Waals surface area (Å²) in [4.78, 5) is 31.1. The van der Waals surface area contributed by atoms with Crippen LogP contribution in [0.1, 0.15) is 86.9 Å². The van der Waals surface area contributed by atoms with Crippen LogP contribution in [-0.2, 0) is 20.7 Å². The molecule has 0 radical (unpaired) electrons. The van der Waals surface area contributed by atoms with Gasteiger partial charge in [0.25, 0.3) is 0 Å². The van der Waals surface area contributed by atoms with E-state index in [9.17, 15) is 30.0 Å². The van der Waals surface area contributed by atoms with E-state index < -0.39 is 48.1 Å². The van der Waals surface area contributed by atoms with Crippen LogP contribution in [0.5, 0.6) is 5.75 Å².